The Hall–Kier alpha value is -3.31. The van der Waals surface area contributed by atoms with Crippen molar-refractivity contribution in [3.8, 4) is 0 Å². The molecule has 0 saturated heterocycles. The largest absolute Gasteiger partial charge is 0.260 e. The molecule has 0 fully saturated rings. The molecule has 0 aliphatic heterocycles. The van der Waals surface area contributed by atoms with Crippen molar-refractivity contribution in [2.75, 3.05) is 0 Å². The molecule has 2 aromatic carbocycles. The lowest BCUT2D eigenvalue weighted by Gasteiger charge is -2.31. The first-order chi connectivity index (χ1) is 26.3. The third-order valence-electron chi connectivity index (χ3n) is 7.68. The fourth-order valence-corrected chi connectivity index (χ4v) is 6.89. The summed E-state index contributed by atoms with van der Waals surface area (Å²) in [5, 5.41) is 0. The number of nitrogens with zero attached hydrogens (tertiary/aromatic N) is 5. The topological polar surface area (TPSA) is 110 Å². The molecule has 0 bridgehead atoms. The Kier molecular flexibility index (Phi) is 20.8. The van der Waals surface area contributed by atoms with Gasteiger partial charge in [0.2, 0.25) is 0 Å². The Labute approximate surface area is 349 Å². The Balaban J connectivity index is 0.000000338. The maximum Gasteiger partial charge on any atom is 0.162 e. The zero-order valence-corrected chi connectivity index (χ0v) is 37.0. The van der Waals surface area contributed by atoms with Crippen molar-refractivity contribution in [3.05, 3.63) is 142 Å². The quantitative estimate of drug-likeness (QED) is 0.0766. The van der Waals surface area contributed by atoms with E-state index in [1.165, 1.54) is 36.8 Å². The minimum atomic E-state index is -1.47. The van der Waals surface area contributed by atoms with Crippen LogP contribution in [0.5, 0.6) is 0 Å². The van der Waals surface area contributed by atoms with Crippen molar-refractivity contribution >= 4 is 60.0 Å². The van der Waals surface area contributed by atoms with Crippen LogP contribution in [0.15, 0.2) is 106 Å². The van der Waals surface area contributed by atoms with Gasteiger partial charge in [-0.15, -0.1) is 13.2 Å². The fraction of sp³-hybridized carbons (Fsp3) is 0.375. The molecule has 2 aromatic heterocycles. The van der Waals surface area contributed by atoms with Gasteiger partial charge >= 0.3 is 0 Å². The van der Waals surface area contributed by atoms with Crippen LogP contribution in [0.3, 0.4) is 0 Å². The van der Waals surface area contributed by atoms with E-state index in [-0.39, 0.29) is 11.1 Å². The molecule has 0 unspecified atom stereocenters. The van der Waals surface area contributed by atoms with E-state index in [0.717, 1.165) is 16.7 Å². The molecule has 0 amide bonds. The molecule has 0 radical (unpaired) electrons. The minimum absolute atomic E-state index is 0.197. The van der Waals surface area contributed by atoms with Crippen LogP contribution in [0.25, 0.3) is 0 Å². The zero-order chi connectivity index (χ0) is 42.1. The summed E-state index contributed by atoms with van der Waals surface area (Å²) in [4.78, 5) is 16.2. The highest BCUT2D eigenvalue weighted by Gasteiger charge is 2.34. The third-order valence-corrected chi connectivity index (χ3v) is 11.6. The lowest BCUT2D eigenvalue weighted by Crippen LogP contribution is -2.38. The van der Waals surface area contributed by atoms with Gasteiger partial charge in [0.15, 0.2) is 23.3 Å². The van der Waals surface area contributed by atoms with E-state index < -0.39 is 72.6 Å². The van der Waals surface area contributed by atoms with Crippen molar-refractivity contribution < 1.29 is 26.0 Å². The molecule has 304 valence electrons. The maximum absolute atomic E-state index is 14.7. The van der Waals surface area contributed by atoms with Crippen molar-refractivity contribution in [3.63, 3.8) is 0 Å². The first-order valence-electron chi connectivity index (χ1n) is 17.4. The highest BCUT2D eigenvalue weighted by Crippen LogP contribution is 2.39. The standard InChI is InChI=1S/C20H24BrF2N3OS.C16H21F2NOS.C4H3BrN2/c1-5-6-8-14(13-9-7-10-15(22)16(13)23)17(26-28(27)20(2,3)4)18-19(21)25-12-11-24-18;1-5-6-8-12(11-19-21(20)16(2,3)4)13-9-7-10-14(17)15(13)18;5-4-3-6-1-2-7-4/h5,7,9-12,14,17,26H,1,6,8H2,2-4H3;5,7,9-12H,1,6,8H2,2-4H3;1-3H/t14-,17-,28+;12-,21-;/m01./s1. The molecule has 0 saturated carbocycles. The molecule has 5 atom stereocenters. The maximum atomic E-state index is 14.7. The molecular formula is C40H48Br2F4N6O2S2. The van der Waals surface area contributed by atoms with Crippen LogP contribution in [0, 0.1) is 23.3 Å². The Bertz CT molecular complexity index is 1950. The Morgan fingerprint density at radius 1 is 0.786 bits per heavy atom. The molecule has 8 nitrogen and oxygen atoms in total. The van der Waals surface area contributed by atoms with Gasteiger partial charge in [-0.05, 0) is 122 Å². The SMILES string of the molecule is Brc1cnccn1.C=CCC[C@@H](c1cccc(F)c1F)[C@H](N[S@](=O)C(C)(C)C)c1nccnc1Br.C=CCC[C@H](C=N[S@](=O)C(C)(C)C)c1cccc(F)c1F. The molecule has 4 aromatic rings. The van der Waals surface area contributed by atoms with Crippen LogP contribution in [-0.4, -0.2) is 44.1 Å². The van der Waals surface area contributed by atoms with Crippen molar-refractivity contribution in [1.29, 1.82) is 0 Å². The molecule has 16 heteroatoms. The minimum Gasteiger partial charge on any atom is -0.260 e. The van der Waals surface area contributed by atoms with E-state index in [0.29, 0.717) is 36.0 Å². The fourth-order valence-electron chi connectivity index (χ4n) is 4.75. The second-order valence-corrected chi connectivity index (χ2v) is 19.6. The van der Waals surface area contributed by atoms with E-state index in [4.69, 9.17) is 0 Å². The molecule has 0 aliphatic carbocycles. The molecule has 56 heavy (non-hydrogen) atoms. The summed E-state index contributed by atoms with van der Waals surface area (Å²) in [6.45, 7) is 18.3. The number of aromatic nitrogens is 4. The number of benzene rings is 2. The first kappa shape index (κ1) is 48.8. The summed E-state index contributed by atoms with van der Waals surface area (Å²) in [5.41, 5.74) is 0.909. The summed E-state index contributed by atoms with van der Waals surface area (Å²) < 4.78 is 88.0. The average Bonchev–Trinajstić information content (AvgIpc) is 3.14. The number of halogens is 6. The molecule has 0 spiro atoms. The molecule has 1 N–H and O–H groups in total. The van der Waals surface area contributed by atoms with Gasteiger partial charge in [0, 0.05) is 42.8 Å². The Morgan fingerprint density at radius 3 is 1.84 bits per heavy atom. The van der Waals surface area contributed by atoms with Crippen LogP contribution in [0.4, 0.5) is 17.6 Å². The number of hydrogen-bond donors (Lipinski definition) is 1. The van der Waals surface area contributed by atoms with Crippen LogP contribution >= 0.6 is 31.9 Å². The van der Waals surface area contributed by atoms with Crippen molar-refractivity contribution in [2.45, 2.75) is 94.6 Å². The summed E-state index contributed by atoms with van der Waals surface area (Å²) in [6.07, 6.45) is 15.0. The van der Waals surface area contributed by atoms with Gasteiger partial charge in [0.1, 0.15) is 20.2 Å². The molecule has 0 aliphatic rings. The van der Waals surface area contributed by atoms with Crippen molar-refractivity contribution in [2.24, 2.45) is 4.40 Å². The van der Waals surface area contributed by atoms with Gasteiger partial charge in [0.05, 0.1) is 38.4 Å². The van der Waals surface area contributed by atoms with Crippen LogP contribution < -0.4 is 4.72 Å². The number of rotatable bonds is 14. The van der Waals surface area contributed by atoms with Gasteiger partial charge < -0.3 is 0 Å². The summed E-state index contributed by atoms with van der Waals surface area (Å²) in [7, 11) is -2.89. The average molecular weight is 945 g/mol. The van der Waals surface area contributed by atoms with Gasteiger partial charge in [-0.2, -0.15) is 4.40 Å². The lowest BCUT2D eigenvalue weighted by atomic mass is 9.86. The lowest BCUT2D eigenvalue weighted by molar-refractivity contribution is 0.434. The van der Waals surface area contributed by atoms with Gasteiger partial charge in [0.25, 0.3) is 0 Å². The predicted molar refractivity (Wildman–Crippen MR) is 227 cm³/mol. The summed E-state index contributed by atoms with van der Waals surface area (Å²) in [5.74, 6) is -4.56. The number of nitrogens with one attached hydrogen (secondary N) is 1. The van der Waals surface area contributed by atoms with Crippen molar-refractivity contribution in [1.82, 2.24) is 24.7 Å². The second kappa shape index (κ2) is 23.8. The van der Waals surface area contributed by atoms with Crippen LogP contribution in [0.2, 0.25) is 0 Å². The highest BCUT2D eigenvalue weighted by atomic mass is 79.9. The normalized spacial score (nSPS) is 14.3. The van der Waals surface area contributed by atoms with E-state index in [1.807, 2.05) is 41.5 Å². The predicted octanol–water partition coefficient (Wildman–Crippen LogP) is 11.1. The van der Waals surface area contributed by atoms with Gasteiger partial charge in [-0.1, -0.05) is 36.4 Å². The Morgan fingerprint density at radius 2 is 1.34 bits per heavy atom. The van der Waals surface area contributed by atoms with Gasteiger partial charge in [-0.25, -0.2) is 40.7 Å². The second-order valence-electron chi connectivity index (χ2n) is 14.1. The molecule has 4 rings (SSSR count). The van der Waals surface area contributed by atoms with Crippen LogP contribution in [0.1, 0.15) is 102 Å². The third kappa shape index (κ3) is 15.9. The zero-order valence-electron chi connectivity index (χ0n) is 32.2. The number of allylic oxidation sites excluding steroid dienone is 2. The molecule has 2 heterocycles. The smallest absolute Gasteiger partial charge is 0.162 e. The first-order valence-corrected chi connectivity index (χ1v) is 21.3. The monoisotopic (exact) mass is 942 g/mol. The van der Waals surface area contributed by atoms with E-state index >= 15 is 0 Å². The van der Waals surface area contributed by atoms with Gasteiger partial charge in [-0.3, -0.25) is 9.97 Å². The van der Waals surface area contributed by atoms with E-state index in [2.05, 4.69) is 74.1 Å². The van der Waals surface area contributed by atoms with Crippen LogP contribution in [-0.2, 0) is 22.0 Å². The highest BCUT2D eigenvalue weighted by molar-refractivity contribution is 9.10. The number of hydrogen-bond acceptors (Lipinski definition) is 6. The molecular weight excluding hydrogens is 896 g/mol. The summed E-state index contributed by atoms with van der Waals surface area (Å²) >= 11 is 6.52. The van der Waals surface area contributed by atoms with E-state index in [1.54, 1.807) is 36.8 Å². The van der Waals surface area contributed by atoms with E-state index in [9.17, 15) is 26.0 Å². The summed E-state index contributed by atoms with van der Waals surface area (Å²) in [6, 6.07) is 7.51.